The Bertz CT molecular complexity index is 955. The van der Waals surface area contributed by atoms with E-state index < -0.39 is 0 Å². The highest BCUT2D eigenvalue weighted by Gasteiger charge is 2.08. The highest BCUT2D eigenvalue weighted by atomic mass is 16.5. The smallest absolute Gasteiger partial charge is 0.255 e. The van der Waals surface area contributed by atoms with Crippen molar-refractivity contribution < 1.29 is 19.0 Å². The number of rotatable bonds is 7. The zero-order chi connectivity index (χ0) is 19.9. The number of hydrogen-bond donors (Lipinski definition) is 2. The van der Waals surface area contributed by atoms with Crippen molar-refractivity contribution in [1.29, 1.82) is 0 Å². The number of ether oxygens (including phenoxy) is 3. The summed E-state index contributed by atoms with van der Waals surface area (Å²) in [5.74, 6) is 1.76. The molecule has 0 atom stereocenters. The number of benzene rings is 3. The maximum atomic E-state index is 12.4. The predicted molar refractivity (Wildman–Crippen MR) is 110 cm³/mol. The molecule has 0 saturated carbocycles. The quantitative estimate of drug-likeness (QED) is 0.623. The van der Waals surface area contributed by atoms with Crippen LogP contribution in [0.2, 0.25) is 0 Å². The van der Waals surface area contributed by atoms with Crippen molar-refractivity contribution in [3.05, 3.63) is 72.3 Å². The lowest BCUT2D eigenvalue weighted by molar-refractivity contribution is 0.102. The topological polar surface area (TPSA) is 68.8 Å². The first-order valence-electron chi connectivity index (χ1n) is 8.67. The van der Waals surface area contributed by atoms with Crippen molar-refractivity contribution >= 4 is 23.0 Å². The zero-order valence-electron chi connectivity index (χ0n) is 16.0. The second kappa shape index (κ2) is 8.81. The summed E-state index contributed by atoms with van der Waals surface area (Å²) in [5, 5.41) is 6.17. The summed E-state index contributed by atoms with van der Waals surface area (Å²) in [5.41, 5.74) is 2.98. The van der Waals surface area contributed by atoms with Gasteiger partial charge in [0, 0.05) is 28.7 Å². The second-order valence-corrected chi connectivity index (χ2v) is 5.96. The lowest BCUT2D eigenvalue weighted by Gasteiger charge is -2.12. The van der Waals surface area contributed by atoms with E-state index in [0.717, 1.165) is 11.4 Å². The van der Waals surface area contributed by atoms with Crippen molar-refractivity contribution in [2.75, 3.05) is 32.0 Å². The van der Waals surface area contributed by atoms with E-state index >= 15 is 0 Å². The van der Waals surface area contributed by atoms with E-state index in [9.17, 15) is 4.79 Å². The van der Waals surface area contributed by atoms with Gasteiger partial charge in [-0.15, -0.1) is 0 Å². The molecule has 0 aliphatic rings. The summed E-state index contributed by atoms with van der Waals surface area (Å²) in [6.07, 6.45) is 0. The van der Waals surface area contributed by atoms with E-state index in [0.29, 0.717) is 28.5 Å². The molecule has 0 spiro atoms. The minimum Gasteiger partial charge on any atom is -0.497 e. The van der Waals surface area contributed by atoms with Crippen molar-refractivity contribution in [2.24, 2.45) is 0 Å². The number of hydrogen-bond acceptors (Lipinski definition) is 5. The molecule has 2 N–H and O–H groups in total. The Morgan fingerprint density at radius 2 is 1.39 bits per heavy atom. The standard InChI is InChI=1S/C22H22N2O4/c1-26-19-6-4-5-15(13-19)22(25)24-17-9-7-16(8-10-17)23-18-11-12-20(27-2)21(14-18)28-3/h4-14,23H,1-3H3,(H,24,25). The Balaban J connectivity index is 1.67. The second-order valence-electron chi connectivity index (χ2n) is 5.96. The molecular weight excluding hydrogens is 356 g/mol. The SMILES string of the molecule is COc1cccc(C(=O)Nc2ccc(Nc3ccc(OC)c(OC)c3)cc2)c1. The molecule has 0 heterocycles. The molecule has 0 fully saturated rings. The summed E-state index contributed by atoms with van der Waals surface area (Å²) >= 11 is 0. The molecule has 6 heteroatoms. The highest BCUT2D eigenvalue weighted by Crippen LogP contribution is 2.31. The van der Waals surface area contributed by atoms with Crippen LogP contribution in [0.25, 0.3) is 0 Å². The number of amides is 1. The molecule has 0 radical (unpaired) electrons. The number of nitrogens with one attached hydrogen (secondary N) is 2. The van der Waals surface area contributed by atoms with Gasteiger partial charge in [0.1, 0.15) is 5.75 Å². The van der Waals surface area contributed by atoms with Crippen LogP contribution >= 0.6 is 0 Å². The van der Waals surface area contributed by atoms with Gasteiger partial charge < -0.3 is 24.8 Å². The van der Waals surface area contributed by atoms with Gasteiger partial charge in [0.05, 0.1) is 21.3 Å². The summed E-state index contributed by atoms with van der Waals surface area (Å²) < 4.78 is 15.7. The molecule has 0 saturated heterocycles. The largest absolute Gasteiger partial charge is 0.497 e. The van der Waals surface area contributed by atoms with E-state index in [-0.39, 0.29) is 5.91 Å². The van der Waals surface area contributed by atoms with Gasteiger partial charge in [-0.3, -0.25) is 4.79 Å². The Kier molecular flexibility index (Phi) is 6.01. The van der Waals surface area contributed by atoms with Gasteiger partial charge in [-0.1, -0.05) is 6.07 Å². The molecule has 144 valence electrons. The zero-order valence-corrected chi connectivity index (χ0v) is 16.0. The van der Waals surface area contributed by atoms with Crippen LogP contribution < -0.4 is 24.8 Å². The van der Waals surface area contributed by atoms with Crippen molar-refractivity contribution in [3.63, 3.8) is 0 Å². The van der Waals surface area contributed by atoms with Gasteiger partial charge in [-0.2, -0.15) is 0 Å². The fourth-order valence-corrected chi connectivity index (χ4v) is 2.69. The van der Waals surface area contributed by atoms with Gasteiger partial charge in [-0.05, 0) is 54.6 Å². The molecule has 0 bridgehead atoms. The minimum absolute atomic E-state index is 0.195. The third-order valence-corrected chi connectivity index (χ3v) is 4.15. The fraction of sp³-hybridized carbons (Fsp3) is 0.136. The lowest BCUT2D eigenvalue weighted by atomic mass is 10.2. The Labute approximate surface area is 164 Å². The molecule has 6 nitrogen and oxygen atoms in total. The van der Waals surface area contributed by atoms with Gasteiger partial charge in [0.15, 0.2) is 11.5 Å². The molecule has 0 aliphatic heterocycles. The first-order valence-corrected chi connectivity index (χ1v) is 8.67. The molecule has 0 aromatic heterocycles. The first-order chi connectivity index (χ1) is 13.6. The Morgan fingerprint density at radius 3 is 2.07 bits per heavy atom. The van der Waals surface area contributed by atoms with Crippen molar-refractivity contribution in [3.8, 4) is 17.2 Å². The molecule has 0 unspecified atom stereocenters. The summed E-state index contributed by atoms with van der Waals surface area (Å²) in [4.78, 5) is 12.4. The van der Waals surface area contributed by atoms with Crippen LogP contribution in [-0.2, 0) is 0 Å². The molecule has 3 rings (SSSR count). The van der Waals surface area contributed by atoms with Crippen LogP contribution in [-0.4, -0.2) is 27.2 Å². The summed E-state index contributed by atoms with van der Waals surface area (Å²) in [7, 11) is 4.77. The molecule has 0 aliphatic carbocycles. The molecule has 28 heavy (non-hydrogen) atoms. The average Bonchev–Trinajstić information content (AvgIpc) is 2.75. The van der Waals surface area contributed by atoms with Gasteiger partial charge >= 0.3 is 0 Å². The number of methoxy groups -OCH3 is 3. The molecule has 3 aromatic rings. The fourth-order valence-electron chi connectivity index (χ4n) is 2.69. The Morgan fingerprint density at radius 1 is 0.714 bits per heavy atom. The molecule has 1 amide bonds. The minimum atomic E-state index is -0.195. The number of carbonyl (C=O) groups is 1. The normalized spacial score (nSPS) is 10.1. The van der Waals surface area contributed by atoms with Crippen molar-refractivity contribution in [1.82, 2.24) is 0 Å². The first kappa shape index (κ1) is 19.1. The maximum absolute atomic E-state index is 12.4. The van der Waals surface area contributed by atoms with E-state index in [1.807, 2.05) is 42.5 Å². The van der Waals surface area contributed by atoms with Crippen LogP contribution in [0.4, 0.5) is 17.1 Å². The average molecular weight is 378 g/mol. The van der Waals surface area contributed by atoms with Crippen LogP contribution in [0, 0.1) is 0 Å². The summed E-state index contributed by atoms with van der Waals surface area (Å²) in [6.45, 7) is 0. The third kappa shape index (κ3) is 4.54. The van der Waals surface area contributed by atoms with E-state index in [1.54, 1.807) is 45.6 Å². The highest BCUT2D eigenvalue weighted by molar-refractivity contribution is 6.04. The van der Waals surface area contributed by atoms with Gasteiger partial charge in [0.25, 0.3) is 5.91 Å². The predicted octanol–water partition coefficient (Wildman–Crippen LogP) is 4.71. The monoisotopic (exact) mass is 378 g/mol. The van der Waals surface area contributed by atoms with Crippen molar-refractivity contribution in [2.45, 2.75) is 0 Å². The van der Waals surface area contributed by atoms with Crippen LogP contribution in [0.3, 0.4) is 0 Å². The number of anilines is 3. The summed E-state index contributed by atoms with van der Waals surface area (Å²) in [6, 6.07) is 20.1. The van der Waals surface area contributed by atoms with Crippen LogP contribution in [0.5, 0.6) is 17.2 Å². The van der Waals surface area contributed by atoms with Gasteiger partial charge in [0.2, 0.25) is 0 Å². The maximum Gasteiger partial charge on any atom is 0.255 e. The van der Waals surface area contributed by atoms with E-state index in [2.05, 4.69) is 10.6 Å². The third-order valence-electron chi connectivity index (χ3n) is 4.15. The van der Waals surface area contributed by atoms with E-state index in [4.69, 9.17) is 14.2 Å². The van der Waals surface area contributed by atoms with Crippen LogP contribution in [0.15, 0.2) is 66.7 Å². The van der Waals surface area contributed by atoms with E-state index in [1.165, 1.54) is 0 Å². The van der Waals surface area contributed by atoms with Gasteiger partial charge in [-0.25, -0.2) is 0 Å². The Hall–Kier alpha value is -3.67. The molecule has 3 aromatic carbocycles. The molecular formula is C22H22N2O4. The lowest BCUT2D eigenvalue weighted by Crippen LogP contribution is -2.11. The van der Waals surface area contributed by atoms with Crippen LogP contribution in [0.1, 0.15) is 10.4 Å². The number of carbonyl (C=O) groups excluding carboxylic acids is 1.